The minimum Gasteiger partial charge on any atom is -0.493 e. The maximum atomic E-state index is 12.3. The number of H-pyrrole nitrogens is 1. The van der Waals surface area contributed by atoms with E-state index in [4.69, 9.17) is 0 Å². The third kappa shape index (κ3) is 2.15. The first kappa shape index (κ1) is 13.9. The van der Waals surface area contributed by atoms with Gasteiger partial charge in [-0.3, -0.25) is 4.79 Å². The summed E-state index contributed by atoms with van der Waals surface area (Å²) in [5, 5.41) is 10.1. The Morgan fingerprint density at radius 2 is 1.90 bits per heavy atom. The molecule has 0 radical (unpaired) electrons. The molecule has 0 amide bonds. The highest BCUT2D eigenvalue weighted by atomic mass is 16.3. The average molecular weight is 284 g/mol. The summed E-state index contributed by atoms with van der Waals surface area (Å²) in [4.78, 5) is 19.5. The number of aromatic amines is 1. The molecule has 0 saturated heterocycles. The first-order valence-electron chi connectivity index (χ1n) is 7.44. The molecule has 4 heteroatoms. The maximum Gasteiger partial charge on any atom is 0.258 e. The Morgan fingerprint density at radius 1 is 1.24 bits per heavy atom. The number of nitrogens with zero attached hydrogens (tertiary/aromatic N) is 1. The molecule has 110 valence electrons. The van der Waals surface area contributed by atoms with Gasteiger partial charge in [0, 0.05) is 0 Å². The second-order valence-electron chi connectivity index (χ2n) is 6.11. The quantitative estimate of drug-likeness (QED) is 0.910. The number of rotatable bonds is 3. The van der Waals surface area contributed by atoms with E-state index in [2.05, 4.69) is 22.1 Å². The minimum atomic E-state index is -0.257. The predicted molar refractivity (Wildman–Crippen MR) is 81.7 cm³/mol. The van der Waals surface area contributed by atoms with Gasteiger partial charge in [-0.05, 0) is 24.3 Å². The van der Waals surface area contributed by atoms with Crippen molar-refractivity contribution in [1.82, 2.24) is 9.97 Å². The van der Waals surface area contributed by atoms with Gasteiger partial charge in [0.05, 0.1) is 11.0 Å². The maximum absolute atomic E-state index is 12.3. The van der Waals surface area contributed by atoms with Crippen LogP contribution in [0.2, 0.25) is 0 Å². The van der Waals surface area contributed by atoms with E-state index in [1.165, 1.54) is 0 Å². The lowest BCUT2D eigenvalue weighted by Gasteiger charge is -2.41. The van der Waals surface area contributed by atoms with Gasteiger partial charge >= 0.3 is 0 Å². The molecule has 0 spiro atoms. The molecule has 1 saturated carbocycles. The molecule has 1 aliphatic carbocycles. The van der Waals surface area contributed by atoms with E-state index in [0.29, 0.717) is 11.4 Å². The van der Waals surface area contributed by atoms with E-state index in [1.54, 1.807) is 0 Å². The van der Waals surface area contributed by atoms with E-state index in [-0.39, 0.29) is 22.8 Å². The fourth-order valence-corrected chi connectivity index (χ4v) is 3.17. The molecule has 0 atom stereocenters. The lowest BCUT2D eigenvalue weighted by molar-refractivity contribution is 0.279. The Balaban J connectivity index is 2.14. The predicted octanol–water partition coefficient (Wildman–Crippen LogP) is 3.07. The number of aromatic nitrogens is 2. The average Bonchev–Trinajstić information content (AvgIpc) is 2.37. The molecule has 21 heavy (non-hydrogen) atoms. The number of benzene rings is 1. The zero-order valence-corrected chi connectivity index (χ0v) is 12.4. The summed E-state index contributed by atoms with van der Waals surface area (Å²) in [6, 6.07) is 10.1. The largest absolute Gasteiger partial charge is 0.493 e. The Hall–Kier alpha value is -2.10. The molecule has 0 unspecified atom stereocenters. The number of aromatic hydroxyl groups is 1. The molecule has 2 aromatic rings. The van der Waals surface area contributed by atoms with Crippen LogP contribution >= 0.6 is 0 Å². The second-order valence-corrected chi connectivity index (χ2v) is 6.11. The van der Waals surface area contributed by atoms with Crippen molar-refractivity contribution in [3.05, 3.63) is 57.6 Å². The van der Waals surface area contributed by atoms with Gasteiger partial charge in [0.1, 0.15) is 5.82 Å². The van der Waals surface area contributed by atoms with Crippen molar-refractivity contribution < 1.29 is 5.11 Å². The number of hydrogen-bond acceptors (Lipinski definition) is 3. The molecular weight excluding hydrogens is 264 g/mol. The van der Waals surface area contributed by atoms with Gasteiger partial charge in [-0.25, -0.2) is 0 Å². The first-order valence-corrected chi connectivity index (χ1v) is 7.44. The molecule has 1 fully saturated rings. The normalized spacial score (nSPS) is 16.7. The Bertz CT molecular complexity index is 700. The van der Waals surface area contributed by atoms with Crippen LogP contribution in [-0.4, -0.2) is 15.1 Å². The van der Waals surface area contributed by atoms with Crippen molar-refractivity contribution in [1.29, 1.82) is 0 Å². The van der Waals surface area contributed by atoms with Crippen LogP contribution in [0.5, 0.6) is 5.88 Å². The van der Waals surface area contributed by atoms with Crippen LogP contribution in [0.4, 0.5) is 0 Å². The Kier molecular flexibility index (Phi) is 3.32. The van der Waals surface area contributed by atoms with Gasteiger partial charge < -0.3 is 10.1 Å². The van der Waals surface area contributed by atoms with Gasteiger partial charge in [-0.15, -0.1) is 0 Å². The third-order valence-corrected chi connectivity index (χ3v) is 4.50. The highest BCUT2D eigenvalue weighted by Gasteiger charge is 2.43. The summed E-state index contributed by atoms with van der Waals surface area (Å²) in [5.41, 5.74) is 1.03. The van der Waals surface area contributed by atoms with Crippen LogP contribution in [0.3, 0.4) is 0 Å². The van der Waals surface area contributed by atoms with Gasteiger partial charge in [0.25, 0.3) is 5.56 Å². The summed E-state index contributed by atoms with van der Waals surface area (Å²) in [5.74, 6) is 0.405. The smallest absolute Gasteiger partial charge is 0.258 e. The van der Waals surface area contributed by atoms with Gasteiger partial charge in [0.15, 0.2) is 0 Å². The fourth-order valence-electron chi connectivity index (χ4n) is 3.17. The zero-order chi connectivity index (χ0) is 15.0. The first-order chi connectivity index (χ1) is 10.0. The van der Waals surface area contributed by atoms with Crippen LogP contribution in [0.15, 0.2) is 35.1 Å². The standard InChI is InChI=1S/C17H20N2O2/c1-11(2)13-14(20)18-16(19-15(13)21)17(9-6-10-17)12-7-4-3-5-8-12/h3-5,7-8,11H,6,9-10H2,1-2H3,(H2,18,19,20,21). The molecule has 1 aromatic carbocycles. The number of hydrogen-bond donors (Lipinski definition) is 2. The molecular formula is C17H20N2O2. The van der Waals surface area contributed by atoms with E-state index in [0.717, 1.165) is 24.8 Å². The second kappa shape index (κ2) is 5.02. The van der Waals surface area contributed by atoms with E-state index < -0.39 is 0 Å². The highest BCUT2D eigenvalue weighted by molar-refractivity contribution is 5.37. The van der Waals surface area contributed by atoms with Crippen LogP contribution in [0.1, 0.15) is 56.0 Å². The van der Waals surface area contributed by atoms with Crippen molar-refractivity contribution in [2.75, 3.05) is 0 Å². The molecule has 4 nitrogen and oxygen atoms in total. The Morgan fingerprint density at radius 3 is 2.38 bits per heavy atom. The zero-order valence-electron chi connectivity index (χ0n) is 12.4. The van der Waals surface area contributed by atoms with Crippen LogP contribution < -0.4 is 5.56 Å². The Labute approximate surface area is 123 Å². The van der Waals surface area contributed by atoms with Crippen molar-refractivity contribution in [2.24, 2.45) is 0 Å². The van der Waals surface area contributed by atoms with Crippen molar-refractivity contribution in [3.63, 3.8) is 0 Å². The van der Waals surface area contributed by atoms with Gasteiger partial charge in [0.2, 0.25) is 5.88 Å². The molecule has 3 rings (SSSR count). The fraction of sp³-hybridized carbons (Fsp3) is 0.412. The van der Waals surface area contributed by atoms with Crippen LogP contribution in [0.25, 0.3) is 0 Å². The van der Waals surface area contributed by atoms with E-state index in [1.807, 2.05) is 32.0 Å². The summed E-state index contributed by atoms with van der Waals surface area (Å²) >= 11 is 0. The van der Waals surface area contributed by atoms with Crippen molar-refractivity contribution in [3.8, 4) is 5.88 Å². The lowest BCUT2D eigenvalue weighted by atomic mass is 9.64. The molecule has 0 aliphatic heterocycles. The molecule has 2 N–H and O–H groups in total. The topological polar surface area (TPSA) is 66.0 Å². The summed E-state index contributed by atoms with van der Waals surface area (Å²) in [6.45, 7) is 3.75. The van der Waals surface area contributed by atoms with Crippen molar-refractivity contribution in [2.45, 2.75) is 44.4 Å². The molecule has 1 aromatic heterocycles. The molecule has 0 bridgehead atoms. The third-order valence-electron chi connectivity index (χ3n) is 4.50. The van der Waals surface area contributed by atoms with Crippen molar-refractivity contribution >= 4 is 0 Å². The van der Waals surface area contributed by atoms with E-state index >= 15 is 0 Å². The summed E-state index contributed by atoms with van der Waals surface area (Å²) in [7, 11) is 0. The summed E-state index contributed by atoms with van der Waals surface area (Å²) < 4.78 is 0. The van der Waals surface area contributed by atoms with E-state index in [9.17, 15) is 9.90 Å². The molecule has 1 heterocycles. The monoisotopic (exact) mass is 284 g/mol. The summed E-state index contributed by atoms with van der Waals surface area (Å²) in [6.07, 6.45) is 2.99. The highest BCUT2D eigenvalue weighted by Crippen LogP contribution is 2.47. The van der Waals surface area contributed by atoms with Gasteiger partial charge in [-0.2, -0.15) is 4.98 Å². The van der Waals surface area contributed by atoms with Crippen LogP contribution in [0, 0.1) is 0 Å². The van der Waals surface area contributed by atoms with Crippen LogP contribution in [-0.2, 0) is 5.41 Å². The lowest BCUT2D eigenvalue weighted by Crippen LogP contribution is -2.39. The minimum absolute atomic E-state index is 0.0515. The van der Waals surface area contributed by atoms with Gasteiger partial charge in [-0.1, -0.05) is 50.6 Å². The number of nitrogens with one attached hydrogen (secondary N) is 1. The molecule has 1 aliphatic rings. The SMILES string of the molecule is CC(C)c1c(O)nc(C2(c3ccccc3)CCC2)[nH]c1=O.